The number of aliphatic hydroxyl groups is 1. The number of nitrogens with one attached hydrogen (secondary N) is 1. The summed E-state index contributed by atoms with van der Waals surface area (Å²) in [5.41, 5.74) is 1.21. The Morgan fingerprint density at radius 1 is 1.50 bits per heavy atom. The first kappa shape index (κ1) is 17.6. The number of nitrogens with zero attached hydrogens (tertiary/aromatic N) is 2. The van der Waals surface area contributed by atoms with Crippen molar-refractivity contribution >= 4 is 21.6 Å². The SMILES string of the molecule is CCCC(O)CN(C)Cc1nc2sc3c(c2c(=O)[nH]1)CCC(C)C3. The van der Waals surface area contributed by atoms with Crippen molar-refractivity contribution in [3.8, 4) is 0 Å². The fourth-order valence-electron chi connectivity index (χ4n) is 3.57. The van der Waals surface area contributed by atoms with Crippen LogP contribution in [-0.4, -0.2) is 39.7 Å². The van der Waals surface area contributed by atoms with Gasteiger partial charge in [-0.25, -0.2) is 4.98 Å². The lowest BCUT2D eigenvalue weighted by Gasteiger charge is -2.19. The van der Waals surface area contributed by atoms with Crippen molar-refractivity contribution in [1.82, 2.24) is 14.9 Å². The van der Waals surface area contributed by atoms with E-state index in [9.17, 15) is 9.90 Å². The van der Waals surface area contributed by atoms with Gasteiger partial charge in [0.1, 0.15) is 10.7 Å². The number of aromatic amines is 1. The number of aromatic nitrogens is 2. The first-order valence-electron chi connectivity index (χ1n) is 8.88. The summed E-state index contributed by atoms with van der Waals surface area (Å²) in [5, 5.41) is 10.7. The highest BCUT2D eigenvalue weighted by Gasteiger charge is 2.23. The Labute approximate surface area is 146 Å². The maximum Gasteiger partial charge on any atom is 0.259 e. The third-order valence-electron chi connectivity index (χ3n) is 4.78. The van der Waals surface area contributed by atoms with Crippen LogP contribution in [-0.2, 0) is 19.4 Å². The van der Waals surface area contributed by atoms with Crippen LogP contribution >= 0.6 is 11.3 Å². The van der Waals surface area contributed by atoms with Gasteiger partial charge in [-0.2, -0.15) is 0 Å². The molecule has 24 heavy (non-hydrogen) atoms. The zero-order valence-electron chi connectivity index (χ0n) is 14.8. The van der Waals surface area contributed by atoms with E-state index in [0.29, 0.717) is 24.8 Å². The number of H-pyrrole nitrogens is 1. The molecule has 1 aliphatic rings. The van der Waals surface area contributed by atoms with Crippen molar-refractivity contribution in [2.24, 2.45) is 5.92 Å². The molecule has 0 saturated heterocycles. The minimum atomic E-state index is -0.328. The van der Waals surface area contributed by atoms with E-state index in [4.69, 9.17) is 4.98 Å². The maximum absolute atomic E-state index is 12.6. The molecule has 2 heterocycles. The molecule has 0 bridgehead atoms. The van der Waals surface area contributed by atoms with Gasteiger partial charge in [0.2, 0.25) is 0 Å². The number of thiophene rings is 1. The Balaban J connectivity index is 1.82. The zero-order valence-corrected chi connectivity index (χ0v) is 15.6. The predicted molar refractivity (Wildman–Crippen MR) is 98.7 cm³/mol. The van der Waals surface area contributed by atoms with Crippen LogP contribution < -0.4 is 5.56 Å². The van der Waals surface area contributed by atoms with Gasteiger partial charge in [0, 0.05) is 11.4 Å². The molecule has 6 heteroatoms. The number of aryl methyl sites for hydroxylation is 1. The van der Waals surface area contributed by atoms with Crippen LogP contribution in [0.2, 0.25) is 0 Å². The molecule has 0 fully saturated rings. The molecule has 1 aliphatic carbocycles. The van der Waals surface area contributed by atoms with Crippen LogP contribution in [0.15, 0.2) is 4.79 Å². The molecule has 2 N–H and O–H groups in total. The van der Waals surface area contributed by atoms with Gasteiger partial charge in [-0.05, 0) is 44.2 Å². The smallest absolute Gasteiger partial charge is 0.259 e. The minimum Gasteiger partial charge on any atom is -0.392 e. The molecule has 132 valence electrons. The van der Waals surface area contributed by atoms with E-state index in [0.717, 1.165) is 42.3 Å². The second-order valence-electron chi connectivity index (χ2n) is 7.18. The number of fused-ring (bicyclic) bond motifs is 3. The topological polar surface area (TPSA) is 69.2 Å². The molecular weight excluding hydrogens is 322 g/mol. The molecule has 0 radical (unpaired) electrons. The molecule has 0 aliphatic heterocycles. The summed E-state index contributed by atoms with van der Waals surface area (Å²) in [6.07, 6.45) is 4.64. The molecule has 0 aromatic carbocycles. The van der Waals surface area contributed by atoms with Crippen LogP contribution in [0, 0.1) is 5.92 Å². The minimum absolute atomic E-state index is 0.00967. The number of likely N-dealkylation sites (N-methyl/N-ethyl adjacent to an activating group) is 1. The molecule has 2 atom stereocenters. The fourth-order valence-corrected chi connectivity index (χ4v) is 4.98. The van der Waals surface area contributed by atoms with E-state index in [1.54, 1.807) is 11.3 Å². The molecular formula is C18H27N3O2S. The lowest BCUT2D eigenvalue weighted by molar-refractivity contribution is 0.113. The molecule has 0 saturated carbocycles. The molecule has 2 unspecified atom stereocenters. The number of hydrogen-bond acceptors (Lipinski definition) is 5. The van der Waals surface area contributed by atoms with E-state index in [2.05, 4.69) is 18.8 Å². The Kier molecular flexibility index (Phi) is 5.37. The van der Waals surface area contributed by atoms with Crippen molar-refractivity contribution < 1.29 is 5.11 Å². The van der Waals surface area contributed by atoms with Crippen molar-refractivity contribution in [1.29, 1.82) is 0 Å². The maximum atomic E-state index is 12.6. The number of hydrogen-bond donors (Lipinski definition) is 2. The van der Waals surface area contributed by atoms with Crippen molar-refractivity contribution in [3.63, 3.8) is 0 Å². The normalized spacial score (nSPS) is 19.0. The van der Waals surface area contributed by atoms with Gasteiger partial charge < -0.3 is 10.1 Å². The van der Waals surface area contributed by atoms with E-state index < -0.39 is 0 Å². The first-order valence-corrected chi connectivity index (χ1v) is 9.69. The van der Waals surface area contributed by atoms with Crippen LogP contribution in [0.4, 0.5) is 0 Å². The summed E-state index contributed by atoms with van der Waals surface area (Å²) >= 11 is 1.68. The molecule has 2 aromatic heterocycles. The summed E-state index contributed by atoms with van der Waals surface area (Å²) in [4.78, 5) is 24.4. The molecule has 0 spiro atoms. The summed E-state index contributed by atoms with van der Waals surface area (Å²) in [6, 6.07) is 0. The van der Waals surface area contributed by atoms with Gasteiger partial charge in [0.25, 0.3) is 5.56 Å². The van der Waals surface area contributed by atoms with Crippen LogP contribution in [0.3, 0.4) is 0 Å². The Hall–Kier alpha value is -1.24. The second kappa shape index (κ2) is 7.33. The highest BCUT2D eigenvalue weighted by atomic mass is 32.1. The lowest BCUT2D eigenvalue weighted by atomic mass is 9.89. The van der Waals surface area contributed by atoms with Crippen molar-refractivity contribution in [3.05, 3.63) is 26.6 Å². The number of aliphatic hydroxyl groups excluding tert-OH is 1. The van der Waals surface area contributed by atoms with Crippen LogP contribution in [0.25, 0.3) is 10.2 Å². The third kappa shape index (κ3) is 3.71. The standard InChI is InChI=1S/C18H27N3O2S/c1-4-5-12(22)9-21(3)10-15-19-17(23)16-13-7-6-11(2)8-14(13)24-18(16)20-15/h11-12,22H,4-10H2,1-3H3,(H,19,20,23). The van der Waals surface area contributed by atoms with Gasteiger partial charge >= 0.3 is 0 Å². The van der Waals surface area contributed by atoms with Gasteiger partial charge in [-0.15, -0.1) is 11.3 Å². The zero-order chi connectivity index (χ0) is 17.3. The van der Waals surface area contributed by atoms with Crippen LogP contribution in [0.1, 0.15) is 49.4 Å². The molecule has 2 aromatic rings. The summed E-state index contributed by atoms with van der Waals surface area (Å²) in [5.74, 6) is 1.38. The summed E-state index contributed by atoms with van der Waals surface area (Å²) < 4.78 is 0. The van der Waals surface area contributed by atoms with Crippen LogP contribution in [0.5, 0.6) is 0 Å². The quantitative estimate of drug-likeness (QED) is 0.841. The Bertz CT molecular complexity index is 767. The van der Waals surface area contributed by atoms with Gasteiger partial charge in [-0.1, -0.05) is 20.3 Å². The Morgan fingerprint density at radius 2 is 2.29 bits per heavy atom. The molecule has 5 nitrogen and oxygen atoms in total. The largest absolute Gasteiger partial charge is 0.392 e. The average Bonchev–Trinajstić information content (AvgIpc) is 2.84. The lowest BCUT2D eigenvalue weighted by Crippen LogP contribution is -2.30. The van der Waals surface area contributed by atoms with E-state index in [1.165, 1.54) is 10.4 Å². The second-order valence-corrected chi connectivity index (χ2v) is 8.27. The van der Waals surface area contributed by atoms with E-state index in [-0.39, 0.29) is 11.7 Å². The van der Waals surface area contributed by atoms with Gasteiger partial charge in [0.05, 0.1) is 18.0 Å². The predicted octanol–water partition coefficient (Wildman–Crippen LogP) is 2.70. The van der Waals surface area contributed by atoms with Crippen molar-refractivity contribution in [2.45, 2.75) is 58.6 Å². The highest BCUT2D eigenvalue weighted by molar-refractivity contribution is 7.18. The van der Waals surface area contributed by atoms with E-state index in [1.807, 2.05) is 11.9 Å². The van der Waals surface area contributed by atoms with Gasteiger partial charge in [-0.3, -0.25) is 9.69 Å². The first-order chi connectivity index (χ1) is 11.5. The van der Waals surface area contributed by atoms with Crippen molar-refractivity contribution in [2.75, 3.05) is 13.6 Å². The summed E-state index contributed by atoms with van der Waals surface area (Å²) in [7, 11) is 1.95. The summed E-state index contributed by atoms with van der Waals surface area (Å²) in [6.45, 7) is 5.47. The highest BCUT2D eigenvalue weighted by Crippen LogP contribution is 2.35. The fraction of sp³-hybridized carbons (Fsp3) is 0.667. The van der Waals surface area contributed by atoms with Gasteiger partial charge in [0.15, 0.2) is 0 Å². The monoisotopic (exact) mass is 349 g/mol. The van der Waals surface area contributed by atoms with E-state index >= 15 is 0 Å². The molecule has 0 amide bonds. The molecule has 3 rings (SSSR count). The third-order valence-corrected chi connectivity index (χ3v) is 5.93. The Morgan fingerprint density at radius 3 is 3.04 bits per heavy atom. The number of rotatable bonds is 6. The average molecular weight is 350 g/mol.